The Hall–Kier alpha value is -1.47. The monoisotopic (exact) mass is 335 g/mol. The summed E-state index contributed by atoms with van der Waals surface area (Å²) in [5, 5.41) is 7.65. The van der Waals surface area contributed by atoms with Crippen molar-refractivity contribution in [3.8, 4) is 0 Å². The van der Waals surface area contributed by atoms with Crippen molar-refractivity contribution in [2.24, 2.45) is 0 Å². The molecule has 7 nitrogen and oxygen atoms in total. The van der Waals surface area contributed by atoms with E-state index in [9.17, 15) is 4.79 Å². The van der Waals surface area contributed by atoms with E-state index in [0.717, 1.165) is 63.6 Å². The zero-order valence-electron chi connectivity index (χ0n) is 14.8. The van der Waals surface area contributed by atoms with Crippen LogP contribution in [0.5, 0.6) is 0 Å². The number of carbonyl (C=O) groups is 1. The van der Waals surface area contributed by atoms with Gasteiger partial charge in [-0.3, -0.25) is 9.69 Å². The van der Waals surface area contributed by atoms with Crippen LogP contribution >= 0.6 is 0 Å². The molecule has 1 aromatic rings. The SMILES string of the molecule is Cc1nc(C)n(C[C@H]2CCCCN2CC(=O)NC2CCOCC2)n1. The zero-order chi connectivity index (χ0) is 16.9. The number of hydrogen-bond donors (Lipinski definition) is 1. The maximum atomic E-state index is 12.4. The van der Waals surface area contributed by atoms with Crippen molar-refractivity contribution < 1.29 is 9.53 Å². The summed E-state index contributed by atoms with van der Waals surface area (Å²) in [4.78, 5) is 19.1. The molecule has 1 aromatic heterocycles. The molecule has 1 amide bonds. The molecule has 0 aromatic carbocycles. The second-order valence-corrected chi connectivity index (χ2v) is 6.96. The highest BCUT2D eigenvalue weighted by molar-refractivity contribution is 5.78. The molecule has 134 valence electrons. The molecule has 2 fully saturated rings. The van der Waals surface area contributed by atoms with Crippen molar-refractivity contribution in [3.05, 3.63) is 11.6 Å². The van der Waals surface area contributed by atoms with Gasteiger partial charge in [-0.15, -0.1) is 0 Å². The van der Waals surface area contributed by atoms with Crippen LogP contribution in [-0.2, 0) is 16.1 Å². The molecule has 1 N–H and O–H groups in total. The second kappa shape index (κ2) is 8.07. The Morgan fingerprint density at radius 2 is 2.04 bits per heavy atom. The van der Waals surface area contributed by atoms with Gasteiger partial charge in [0.15, 0.2) is 0 Å². The number of nitrogens with one attached hydrogen (secondary N) is 1. The Morgan fingerprint density at radius 1 is 1.25 bits per heavy atom. The number of amides is 1. The first-order valence-electron chi connectivity index (χ1n) is 9.11. The first kappa shape index (κ1) is 17.4. The Kier molecular flexibility index (Phi) is 5.84. The van der Waals surface area contributed by atoms with Crippen LogP contribution < -0.4 is 5.32 Å². The predicted molar refractivity (Wildman–Crippen MR) is 90.7 cm³/mol. The summed E-state index contributed by atoms with van der Waals surface area (Å²) in [7, 11) is 0. The van der Waals surface area contributed by atoms with Crippen molar-refractivity contribution in [1.29, 1.82) is 0 Å². The third-order valence-electron chi connectivity index (χ3n) is 5.03. The molecular formula is C17H29N5O2. The molecule has 2 saturated heterocycles. The zero-order valence-corrected chi connectivity index (χ0v) is 14.8. The average molecular weight is 335 g/mol. The van der Waals surface area contributed by atoms with Gasteiger partial charge in [0.2, 0.25) is 5.91 Å². The fourth-order valence-electron chi connectivity index (χ4n) is 3.71. The van der Waals surface area contributed by atoms with Crippen molar-refractivity contribution >= 4 is 5.91 Å². The molecule has 3 heterocycles. The van der Waals surface area contributed by atoms with Crippen molar-refractivity contribution in [3.63, 3.8) is 0 Å². The molecule has 1 atom stereocenters. The van der Waals surface area contributed by atoms with Crippen LogP contribution in [0.25, 0.3) is 0 Å². The molecule has 2 aliphatic rings. The molecule has 0 unspecified atom stereocenters. The summed E-state index contributed by atoms with van der Waals surface area (Å²) < 4.78 is 7.33. The van der Waals surface area contributed by atoms with Gasteiger partial charge in [0.05, 0.1) is 13.1 Å². The van der Waals surface area contributed by atoms with Crippen molar-refractivity contribution in [2.75, 3.05) is 26.3 Å². The van der Waals surface area contributed by atoms with Crippen LogP contribution in [-0.4, -0.2) is 64.0 Å². The molecule has 24 heavy (non-hydrogen) atoms. The van der Waals surface area contributed by atoms with Gasteiger partial charge in [-0.1, -0.05) is 6.42 Å². The van der Waals surface area contributed by atoms with Gasteiger partial charge < -0.3 is 10.1 Å². The summed E-state index contributed by atoms with van der Waals surface area (Å²) in [6, 6.07) is 0.633. The lowest BCUT2D eigenvalue weighted by molar-refractivity contribution is -0.124. The van der Waals surface area contributed by atoms with Crippen molar-refractivity contribution in [2.45, 2.75) is 64.6 Å². The number of rotatable bonds is 5. The van der Waals surface area contributed by atoms with E-state index >= 15 is 0 Å². The number of hydrogen-bond acceptors (Lipinski definition) is 5. The normalized spacial score (nSPS) is 23.3. The van der Waals surface area contributed by atoms with Crippen LogP contribution in [0, 0.1) is 13.8 Å². The van der Waals surface area contributed by atoms with E-state index in [1.807, 2.05) is 18.5 Å². The van der Waals surface area contributed by atoms with E-state index in [-0.39, 0.29) is 11.9 Å². The molecule has 7 heteroatoms. The summed E-state index contributed by atoms with van der Waals surface area (Å²) >= 11 is 0. The first-order valence-corrected chi connectivity index (χ1v) is 9.11. The van der Waals surface area contributed by atoms with Gasteiger partial charge >= 0.3 is 0 Å². The minimum absolute atomic E-state index is 0.139. The van der Waals surface area contributed by atoms with Gasteiger partial charge in [0, 0.05) is 25.3 Å². The van der Waals surface area contributed by atoms with Crippen LogP contribution in [0.15, 0.2) is 0 Å². The highest BCUT2D eigenvalue weighted by Gasteiger charge is 2.26. The van der Waals surface area contributed by atoms with Crippen LogP contribution in [0.1, 0.15) is 43.8 Å². The minimum atomic E-state index is 0.139. The van der Waals surface area contributed by atoms with E-state index in [1.54, 1.807) is 0 Å². The molecule has 2 aliphatic heterocycles. The van der Waals surface area contributed by atoms with E-state index in [2.05, 4.69) is 20.3 Å². The molecule has 0 radical (unpaired) electrons. The Morgan fingerprint density at radius 3 is 2.75 bits per heavy atom. The van der Waals surface area contributed by atoms with Crippen LogP contribution in [0.4, 0.5) is 0 Å². The number of aromatic nitrogens is 3. The fourth-order valence-corrected chi connectivity index (χ4v) is 3.71. The molecule has 3 rings (SSSR count). The third kappa shape index (κ3) is 4.54. The van der Waals surface area contributed by atoms with Gasteiger partial charge in [-0.2, -0.15) is 5.10 Å². The molecule has 0 bridgehead atoms. The van der Waals surface area contributed by atoms with E-state index in [0.29, 0.717) is 12.6 Å². The highest BCUT2D eigenvalue weighted by atomic mass is 16.5. The lowest BCUT2D eigenvalue weighted by atomic mass is 10.0. The standard InChI is InChI=1S/C17H29N5O2/c1-13-18-14(2)22(20-13)11-16-5-3-4-8-21(16)12-17(23)19-15-6-9-24-10-7-15/h15-16H,3-12H2,1-2H3,(H,19,23)/t16-/m1/s1. The predicted octanol–water partition coefficient (Wildman–Crippen LogP) is 1.04. The van der Waals surface area contributed by atoms with Gasteiger partial charge in [-0.05, 0) is 46.1 Å². The van der Waals surface area contributed by atoms with Gasteiger partial charge in [0.1, 0.15) is 11.6 Å². The summed E-state index contributed by atoms with van der Waals surface area (Å²) in [5.74, 6) is 1.90. The highest BCUT2D eigenvalue weighted by Crippen LogP contribution is 2.19. The summed E-state index contributed by atoms with van der Waals surface area (Å²) in [6.45, 7) is 7.70. The average Bonchev–Trinajstić information content (AvgIpc) is 2.87. The lowest BCUT2D eigenvalue weighted by Gasteiger charge is -2.35. The van der Waals surface area contributed by atoms with Crippen LogP contribution in [0.2, 0.25) is 0 Å². The Balaban J connectivity index is 1.55. The second-order valence-electron chi connectivity index (χ2n) is 6.96. The number of ether oxygens (including phenoxy) is 1. The number of piperidine rings is 1. The van der Waals surface area contributed by atoms with Crippen LogP contribution in [0.3, 0.4) is 0 Å². The van der Waals surface area contributed by atoms with E-state index < -0.39 is 0 Å². The number of nitrogens with zero attached hydrogens (tertiary/aromatic N) is 4. The van der Waals surface area contributed by atoms with E-state index in [4.69, 9.17) is 4.74 Å². The maximum absolute atomic E-state index is 12.4. The van der Waals surface area contributed by atoms with Gasteiger partial charge in [0.25, 0.3) is 0 Å². The largest absolute Gasteiger partial charge is 0.381 e. The molecule has 0 saturated carbocycles. The third-order valence-corrected chi connectivity index (χ3v) is 5.03. The Labute approximate surface area is 143 Å². The number of carbonyl (C=O) groups excluding carboxylic acids is 1. The Bertz CT molecular complexity index is 553. The first-order chi connectivity index (χ1) is 11.6. The smallest absolute Gasteiger partial charge is 0.234 e. The fraction of sp³-hybridized carbons (Fsp3) is 0.824. The minimum Gasteiger partial charge on any atom is -0.381 e. The molecule has 0 spiro atoms. The quantitative estimate of drug-likeness (QED) is 0.871. The summed E-state index contributed by atoms with van der Waals surface area (Å²) in [6.07, 6.45) is 5.34. The molecular weight excluding hydrogens is 306 g/mol. The lowest BCUT2D eigenvalue weighted by Crippen LogP contribution is -2.49. The molecule has 0 aliphatic carbocycles. The summed E-state index contributed by atoms with van der Waals surface area (Å²) in [5.41, 5.74) is 0. The topological polar surface area (TPSA) is 72.3 Å². The van der Waals surface area contributed by atoms with Gasteiger partial charge in [-0.25, -0.2) is 9.67 Å². The number of aryl methyl sites for hydroxylation is 2. The van der Waals surface area contributed by atoms with Crippen molar-refractivity contribution in [1.82, 2.24) is 25.0 Å². The van der Waals surface area contributed by atoms with E-state index in [1.165, 1.54) is 6.42 Å². The number of likely N-dealkylation sites (tertiary alicyclic amines) is 1. The maximum Gasteiger partial charge on any atom is 0.234 e.